The number of anilines is 1. The Bertz CT molecular complexity index is 1730. The number of ether oxygens (including phenoxy) is 3. The molecule has 0 aliphatic rings. The highest BCUT2D eigenvalue weighted by atomic mass is 16.5. The van der Waals surface area contributed by atoms with E-state index < -0.39 is 24.2 Å². The lowest BCUT2D eigenvalue weighted by molar-refractivity contribution is -0.105. The topological polar surface area (TPSA) is 155 Å². The van der Waals surface area contributed by atoms with Crippen LogP contribution in [-0.2, 0) is 20.7 Å². The van der Waals surface area contributed by atoms with Gasteiger partial charge in [-0.3, -0.25) is 4.79 Å². The summed E-state index contributed by atoms with van der Waals surface area (Å²) in [6, 6.07) is 26.8. The molecule has 0 saturated heterocycles. The second-order valence-corrected chi connectivity index (χ2v) is 11.3. The number of esters is 1. The fourth-order valence-electron chi connectivity index (χ4n) is 5.32. The molecule has 50 heavy (non-hydrogen) atoms. The van der Waals surface area contributed by atoms with Gasteiger partial charge >= 0.3 is 12.1 Å². The predicted molar refractivity (Wildman–Crippen MR) is 191 cm³/mol. The zero-order valence-corrected chi connectivity index (χ0v) is 28.1. The molecule has 0 radical (unpaired) electrons. The van der Waals surface area contributed by atoms with E-state index in [1.807, 2.05) is 73.7 Å². The lowest BCUT2D eigenvalue weighted by Crippen LogP contribution is -2.29. The Morgan fingerprint density at radius 3 is 2.40 bits per heavy atom. The number of benzene rings is 4. The number of nitrogens with one attached hydrogen (secondary N) is 3. The molecule has 11 heteroatoms. The van der Waals surface area contributed by atoms with Crippen LogP contribution in [0.4, 0.5) is 10.5 Å². The molecule has 2 atom stereocenters. The van der Waals surface area contributed by atoms with Crippen molar-refractivity contribution < 1.29 is 38.8 Å². The van der Waals surface area contributed by atoms with Crippen molar-refractivity contribution in [2.45, 2.75) is 31.9 Å². The van der Waals surface area contributed by atoms with Gasteiger partial charge in [0.1, 0.15) is 11.5 Å². The normalized spacial score (nSPS) is 12.1. The summed E-state index contributed by atoms with van der Waals surface area (Å²) in [4.78, 5) is 35.6. The Morgan fingerprint density at radius 2 is 1.68 bits per heavy atom. The quantitative estimate of drug-likeness (QED) is 0.0372. The maximum atomic E-state index is 12.6. The van der Waals surface area contributed by atoms with Gasteiger partial charge < -0.3 is 40.4 Å². The van der Waals surface area contributed by atoms with E-state index in [2.05, 4.69) is 16.0 Å². The van der Waals surface area contributed by atoms with Gasteiger partial charge in [-0.05, 0) is 72.5 Å². The number of phenolic OH excluding ortho intramolecular Hbond substituents is 1. The number of alkyl carbamates (subject to hydrolysis) is 1. The Morgan fingerprint density at radius 1 is 0.920 bits per heavy atom. The summed E-state index contributed by atoms with van der Waals surface area (Å²) in [5.74, 6) is 0.119. The SMILES string of the molecule is C/C=C\c1c(C(O)CNCCc2ccc(C(=O)OCCCOc3cccc(C(NC(=O)OC)c4ccccc4)c3)cc2)ccc(O)c1NC=O. The van der Waals surface area contributed by atoms with Crippen molar-refractivity contribution in [3.8, 4) is 11.5 Å². The molecule has 4 aromatic carbocycles. The molecular formula is C39H43N3O8. The minimum Gasteiger partial charge on any atom is -0.506 e. The van der Waals surface area contributed by atoms with E-state index in [4.69, 9.17) is 14.2 Å². The molecule has 0 heterocycles. The van der Waals surface area contributed by atoms with E-state index in [1.165, 1.54) is 13.2 Å². The minimum atomic E-state index is -0.871. The Kier molecular flexibility index (Phi) is 14.4. The van der Waals surface area contributed by atoms with Crippen LogP contribution in [0, 0.1) is 0 Å². The summed E-state index contributed by atoms with van der Waals surface area (Å²) in [6.45, 7) is 3.17. The van der Waals surface area contributed by atoms with Crippen molar-refractivity contribution in [2.24, 2.45) is 0 Å². The predicted octanol–water partition coefficient (Wildman–Crippen LogP) is 5.93. The minimum absolute atomic E-state index is 0.0845. The molecule has 0 aliphatic carbocycles. The van der Waals surface area contributed by atoms with Gasteiger partial charge in [0.15, 0.2) is 0 Å². The zero-order valence-electron chi connectivity index (χ0n) is 28.1. The second kappa shape index (κ2) is 19.4. The third kappa shape index (κ3) is 10.7. The van der Waals surface area contributed by atoms with Crippen molar-refractivity contribution in [1.29, 1.82) is 0 Å². The number of carbonyl (C=O) groups excluding carboxylic acids is 3. The van der Waals surface area contributed by atoms with Crippen molar-refractivity contribution in [2.75, 3.05) is 38.7 Å². The van der Waals surface area contributed by atoms with Crippen LogP contribution in [0.3, 0.4) is 0 Å². The van der Waals surface area contributed by atoms with Gasteiger partial charge in [-0.15, -0.1) is 0 Å². The first-order valence-corrected chi connectivity index (χ1v) is 16.3. The standard InChI is InChI=1S/C39H43N3O8/c1-3-9-33-32(18-19-34(44)37(33)41-26-43)35(45)25-40-21-20-27-14-16-29(17-15-27)38(46)50-23-8-22-49-31-13-7-12-30(24-31)36(42-39(47)48-2)28-10-5-4-6-11-28/h3-7,9-19,24,26,35-36,40,44-45H,8,20-23,25H2,1-2H3,(H,41,43)(H,42,47)/b9-3-. The Hall–Kier alpha value is -5.65. The van der Waals surface area contributed by atoms with Crippen molar-refractivity contribution in [1.82, 2.24) is 10.6 Å². The maximum absolute atomic E-state index is 12.6. The van der Waals surface area contributed by atoms with Crippen LogP contribution in [-0.4, -0.2) is 62.1 Å². The van der Waals surface area contributed by atoms with Crippen molar-refractivity contribution in [3.63, 3.8) is 0 Å². The number of hydrogen-bond acceptors (Lipinski definition) is 9. The Balaban J connectivity index is 1.19. The number of amides is 2. The Labute approximate surface area is 291 Å². The van der Waals surface area contributed by atoms with Gasteiger partial charge in [0, 0.05) is 18.5 Å². The molecule has 0 fully saturated rings. The average molecular weight is 682 g/mol. The third-order valence-corrected chi connectivity index (χ3v) is 7.83. The van der Waals surface area contributed by atoms with E-state index in [-0.39, 0.29) is 24.6 Å². The highest BCUT2D eigenvalue weighted by Gasteiger charge is 2.19. The average Bonchev–Trinajstić information content (AvgIpc) is 3.14. The second-order valence-electron chi connectivity index (χ2n) is 11.3. The molecule has 0 aliphatic heterocycles. The number of allylic oxidation sites excluding steroid dienone is 1. The smallest absolute Gasteiger partial charge is 0.407 e. The van der Waals surface area contributed by atoms with E-state index in [0.29, 0.717) is 54.8 Å². The van der Waals surface area contributed by atoms with Crippen LogP contribution in [0.2, 0.25) is 0 Å². The summed E-state index contributed by atoms with van der Waals surface area (Å²) in [5.41, 5.74) is 4.54. The van der Waals surface area contributed by atoms with Gasteiger partial charge in [-0.2, -0.15) is 0 Å². The van der Waals surface area contributed by atoms with Crippen LogP contribution >= 0.6 is 0 Å². The molecule has 0 spiro atoms. The van der Waals surface area contributed by atoms with Gasteiger partial charge in [0.05, 0.1) is 43.7 Å². The van der Waals surface area contributed by atoms with Crippen LogP contribution in [0.25, 0.3) is 6.08 Å². The number of phenols is 1. The number of aliphatic hydroxyl groups is 1. The highest BCUT2D eigenvalue weighted by Crippen LogP contribution is 2.34. The molecule has 0 aromatic heterocycles. The summed E-state index contributed by atoms with van der Waals surface area (Å²) in [5, 5.41) is 29.5. The molecule has 4 rings (SSSR count). The van der Waals surface area contributed by atoms with Crippen LogP contribution < -0.4 is 20.7 Å². The summed E-state index contributed by atoms with van der Waals surface area (Å²) < 4.78 is 16.2. The van der Waals surface area contributed by atoms with Gasteiger partial charge in [0.25, 0.3) is 0 Å². The van der Waals surface area contributed by atoms with E-state index in [0.717, 1.165) is 16.7 Å². The summed E-state index contributed by atoms with van der Waals surface area (Å²) >= 11 is 0. The van der Waals surface area contributed by atoms with Gasteiger partial charge in [-0.1, -0.05) is 72.8 Å². The molecule has 0 bridgehead atoms. The largest absolute Gasteiger partial charge is 0.506 e. The first-order chi connectivity index (χ1) is 24.3. The number of methoxy groups -OCH3 is 1. The number of aromatic hydroxyl groups is 1. The monoisotopic (exact) mass is 681 g/mol. The van der Waals surface area contributed by atoms with Crippen LogP contribution in [0.15, 0.2) is 97.1 Å². The first kappa shape index (κ1) is 37.2. The van der Waals surface area contributed by atoms with Crippen molar-refractivity contribution >= 4 is 30.2 Å². The highest BCUT2D eigenvalue weighted by molar-refractivity contribution is 5.89. The molecule has 262 valence electrons. The number of aliphatic hydroxyl groups excluding tert-OH is 1. The molecule has 5 N–H and O–H groups in total. The maximum Gasteiger partial charge on any atom is 0.407 e. The fourth-order valence-corrected chi connectivity index (χ4v) is 5.32. The number of hydrogen-bond donors (Lipinski definition) is 5. The molecule has 2 unspecified atom stereocenters. The summed E-state index contributed by atoms with van der Waals surface area (Å²) in [6.07, 6.45) is 3.72. The lowest BCUT2D eigenvalue weighted by atomic mass is 9.98. The first-order valence-electron chi connectivity index (χ1n) is 16.3. The molecule has 2 amide bonds. The molecular weight excluding hydrogens is 638 g/mol. The summed E-state index contributed by atoms with van der Waals surface area (Å²) in [7, 11) is 1.32. The van der Waals surface area contributed by atoms with Gasteiger partial charge in [-0.25, -0.2) is 9.59 Å². The fraction of sp³-hybridized carbons (Fsp3) is 0.256. The molecule has 11 nitrogen and oxygen atoms in total. The van der Waals surface area contributed by atoms with Crippen LogP contribution in [0.5, 0.6) is 11.5 Å². The third-order valence-electron chi connectivity index (χ3n) is 7.83. The van der Waals surface area contributed by atoms with E-state index >= 15 is 0 Å². The zero-order chi connectivity index (χ0) is 35.7. The number of carbonyl (C=O) groups is 3. The van der Waals surface area contributed by atoms with Crippen molar-refractivity contribution in [3.05, 3.63) is 130 Å². The van der Waals surface area contributed by atoms with Gasteiger partial charge in [0.2, 0.25) is 6.41 Å². The number of rotatable bonds is 18. The lowest BCUT2D eigenvalue weighted by Gasteiger charge is -2.20. The molecule has 0 saturated carbocycles. The van der Waals surface area contributed by atoms with E-state index in [9.17, 15) is 24.6 Å². The van der Waals surface area contributed by atoms with E-state index in [1.54, 1.807) is 30.4 Å². The molecule has 4 aromatic rings. The van der Waals surface area contributed by atoms with Crippen LogP contribution in [0.1, 0.15) is 63.7 Å².